The minimum Gasteiger partial charge on any atom is -0.469 e. The molecule has 4 nitrogen and oxygen atoms in total. The molecule has 0 bridgehead atoms. The summed E-state index contributed by atoms with van der Waals surface area (Å²) in [5.74, 6) is -0.734. The van der Waals surface area contributed by atoms with Crippen molar-refractivity contribution in [2.75, 3.05) is 7.11 Å². The van der Waals surface area contributed by atoms with Crippen LogP contribution in [0.5, 0.6) is 0 Å². The molecule has 0 fully saturated rings. The van der Waals surface area contributed by atoms with E-state index < -0.39 is 20.4 Å². The van der Waals surface area contributed by atoms with E-state index in [1.54, 1.807) is 6.92 Å². The van der Waals surface area contributed by atoms with E-state index >= 15 is 0 Å². The number of hydrogen-bond donors (Lipinski definition) is 0. The normalized spacial score (nSPS) is 14.3. The Kier molecular flexibility index (Phi) is 5.54. The zero-order chi connectivity index (χ0) is 13.9. The van der Waals surface area contributed by atoms with Gasteiger partial charge in [0.25, 0.3) is 0 Å². The number of carbonyl (C=O) groups excluding carboxylic acids is 2. The fourth-order valence-electron chi connectivity index (χ4n) is 1.04. The first kappa shape index (κ1) is 16.3. The van der Waals surface area contributed by atoms with Crippen LogP contribution in [0.15, 0.2) is 0 Å². The van der Waals surface area contributed by atoms with Crippen LogP contribution in [0, 0.1) is 0 Å². The number of carbonyl (C=O) groups is 2. The molecular formula is C12H24O4Si. The van der Waals surface area contributed by atoms with Gasteiger partial charge in [0.15, 0.2) is 14.1 Å². The molecule has 100 valence electrons. The van der Waals surface area contributed by atoms with Crippen molar-refractivity contribution in [1.82, 2.24) is 0 Å². The second kappa shape index (κ2) is 5.77. The molecule has 0 aromatic rings. The maximum atomic E-state index is 11.7. The Bertz CT molecular complexity index is 291. The molecule has 0 saturated heterocycles. The highest BCUT2D eigenvalue weighted by Crippen LogP contribution is 2.37. The summed E-state index contributed by atoms with van der Waals surface area (Å²) in [6, 6.07) is 0. The van der Waals surface area contributed by atoms with E-state index in [0.29, 0.717) is 0 Å². The Balaban J connectivity index is 4.50. The van der Waals surface area contributed by atoms with E-state index in [1.807, 2.05) is 0 Å². The number of esters is 1. The molecule has 0 N–H and O–H groups in total. The van der Waals surface area contributed by atoms with Crippen LogP contribution in [0.2, 0.25) is 18.1 Å². The van der Waals surface area contributed by atoms with Gasteiger partial charge in [0.05, 0.1) is 7.11 Å². The topological polar surface area (TPSA) is 52.6 Å². The number of hydrogen-bond acceptors (Lipinski definition) is 4. The molecule has 0 heterocycles. The summed E-state index contributed by atoms with van der Waals surface area (Å²) in [6.45, 7) is 12.2. The van der Waals surface area contributed by atoms with Crippen molar-refractivity contribution >= 4 is 20.1 Å². The van der Waals surface area contributed by atoms with Gasteiger partial charge in [0.1, 0.15) is 12.5 Å². The molecule has 0 radical (unpaired) electrons. The maximum absolute atomic E-state index is 11.7. The first-order valence-corrected chi connectivity index (χ1v) is 8.69. The van der Waals surface area contributed by atoms with Crippen molar-refractivity contribution in [2.45, 2.75) is 58.4 Å². The zero-order valence-corrected chi connectivity index (χ0v) is 12.9. The number of methoxy groups -OCH3 is 1. The summed E-state index contributed by atoms with van der Waals surface area (Å²) < 4.78 is 10.4. The Labute approximate surface area is 105 Å². The molecule has 1 atom stereocenters. The van der Waals surface area contributed by atoms with Gasteiger partial charge in [-0.1, -0.05) is 20.8 Å². The van der Waals surface area contributed by atoms with Crippen molar-refractivity contribution in [3.8, 4) is 0 Å². The fraction of sp³-hybridized carbons (Fsp3) is 0.833. The standard InChI is InChI=1S/C12H24O4Si/c1-9(10(13)8-11(14)15-5)16-17(6,7)12(2,3)4/h9H,8H2,1-7H3/t9-/m0/s1. The summed E-state index contributed by atoms with van der Waals surface area (Å²) in [6.07, 6.45) is -0.762. The van der Waals surface area contributed by atoms with Gasteiger partial charge in [0, 0.05) is 0 Å². The quantitative estimate of drug-likeness (QED) is 0.433. The third-order valence-corrected chi connectivity index (χ3v) is 7.83. The third kappa shape index (κ3) is 5.00. The highest BCUT2D eigenvalue weighted by Gasteiger charge is 2.39. The third-order valence-electron chi connectivity index (χ3n) is 3.28. The molecule has 0 unspecified atom stereocenters. The second-order valence-electron chi connectivity index (χ2n) is 5.74. The van der Waals surface area contributed by atoms with Crippen LogP contribution in [-0.2, 0) is 18.8 Å². The first-order chi connectivity index (χ1) is 7.51. The Morgan fingerprint density at radius 3 is 2.06 bits per heavy atom. The van der Waals surface area contributed by atoms with Crippen molar-refractivity contribution in [2.24, 2.45) is 0 Å². The van der Waals surface area contributed by atoms with Crippen LogP contribution in [0.25, 0.3) is 0 Å². The molecule has 0 aliphatic rings. The molecule has 0 rings (SSSR count). The molecule has 0 aliphatic heterocycles. The van der Waals surface area contributed by atoms with E-state index in [2.05, 4.69) is 38.6 Å². The van der Waals surface area contributed by atoms with E-state index in [1.165, 1.54) is 7.11 Å². The Hall–Kier alpha value is -0.683. The van der Waals surface area contributed by atoms with Gasteiger partial charge < -0.3 is 9.16 Å². The summed E-state index contributed by atoms with van der Waals surface area (Å²) in [5, 5.41) is 0.0484. The van der Waals surface area contributed by atoms with Crippen molar-refractivity contribution < 1.29 is 18.8 Å². The van der Waals surface area contributed by atoms with E-state index in [4.69, 9.17) is 4.43 Å². The Morgan fingerprint density at radius 1 is 1.24 bits per heavy atom. The minimum absolute atomic E-state index is 0.0484. The van der Waals surface area contributed by atoms with Crippen LogP contribution >= 0.6 is 0 Å². The molecule has 17 heavy (non-hydrogen) atoms. The van der Waals surface area contributed by atoms with Crippen LogP contribution < -0.4 is 0 Å². The molecule has 0 aliphatic carbocycles. The Morgan fingerprint density at radius 2 is 1.71 bits per heavy atom. The van der Waals surface area contributed by atoms with Gasteiger partial charge >= 0.3 is 5.97 Å². The smallest absolute Gasteiger partial charge is 0.313 e. The number of ether oxygens (including phenoxy) is 1. The largest absolute Gasteiger partial charge is 0.469 e. The van der Waals surface area contributed by atoms with Crippen LogP contribution in [0.3, 0.4) is 0 Å². The number of Topliss-reactive ketones (excluding diaryl/α,β-unsaturated/α-hetero) is 1. The first-order valence-electron chi connectivity index (χ1n) is 5.78. The minimum atomic E-state index is -1.96. The van der Waals surface area contributed by atoms with E-state index in [-0.39, 0.29) is 17.2 Å². The van der Waals surface area contributed by atoms with Gasteiger partial charge in [0.2, 0.25) is 0 Å². The lowest BCUT2D eigenvalue weighted by Crippen LogP contribution is -2.45. The number of ketones is 1. The second-order valence-corrected chi connectivity index (χ2v) is 10.5. The summed E-state index contributed by atoms with van der Waals surface area (Å²) >= 11 is 0. The van der Waals surface area contributed by atoms with E-state index in [9.17, 15) is 9.59 Å². The average Bonchev–Trinajstić information content (AvgIpc) is 2.14. The van der Waals surface area contributed by atoms with Crippen LogP contribution in [-0.4, -0.2) is 33.3 Å². The molecule has 0 aromatic heterocycles. The lowest BCUT2D eigenvalue weighted by Gasteiger charge is -2.38. The zero-order valence-electron chi connectivity index (χ0n) is 11.9. The van der Waals surface area contributed by atoms with Gasteiger partial charge in [-0.05, 0) is 25.1 Å². The lowest BCUT2D eigenvalue weighted by atomic mass is 10.2. The monoisotopic (exact) mass is 260 g/mol. The molecule has 0 saturated carbocycles. The highest BCUT2D eigenvalue weighted by atomic mass is 28.4. The SMILES string of the molecule is COC(=O)CC(=O)[C@H](C)O[Si](C)(C)C(C)(C)C. The van der Waals surface area contributed by atoms with Crippen molar-refractivity contribution in [3.05, 3.63) is 0 Å². The highest BCUT2D eigenvalue weighted by molar-refractivity contribution is 6.74. The fourth-order valence-corrected chi connectivity index (χ4v) is 2.41. The van der Waals surface area contributed by atoms with E-state index in [0.717, 1.165) is 0 Å². The predicted octanol–water partition coefficient (Wildman–Crippen LogP) is 2.53. The van der Waals surface area contributed by atoms with Crippen LogP contribution in [0.4, 0.5) is 0 Å². The molecule has 0 spiro atoms. The van der Waals surface area contributed by atoms with Crippen molar-refractivity contribution in [1.29, 1.82) is 0 Å². The molecular weight excluding hydrogens is 236 g/mol. The van der Waals surface area contributed by atoms with Crippen molar-refractivity contribution in [3.63, 3.8) is 0 Å². The summed E-state index contributed by atoms with van der Waals surface area (Å²) in [5.41, 5.74) is 0. The molecule has 5 heteroatoms. The van der Waals surface area contributed by atoms with Gasteiger partial charge in [-0.15, -0.1) is 0 Å². The van der Waals surface area contributed by atoms with Gasteiger partial charge in [-0.3, -0.25) is 9.59 Å². The van der Waals surface area contributed by atoms with Crippen LogP contribution in [0.1, 0.15) is 34.1 Å². The summed E-state index contributed by atoms with van der Waals surface area (Å²) in [7, 11) is -0.692. The maximum Gasteiger partial charge on any atom is 0.313 e. The molecule has 0 amide bonds. The average molecular weight is 260 g/mol. The van der Waals surface area contributed by atoms with Gasteiger partial charge in [-0.2, -0.15) is 0 Å². The molecule has 0 aromatic carbocycles. The van der Waals surface area contributed by atoms with Gasteiger partial charge in [-0.25, -0.2) is 0 Å². The summed E-state index contributed by atoms with van der Waals surface area (Å²) in [4.78, 5) is 22.7. The predicted molar refractivity (Wildman–Crippen MR) is 69.4 cm³/mol. The number of rotatable bonds is 5. The lowest BCUT2D eigenvalue weighted by molar-refractivity contribution is -0.144.